The topological polar surface area (TPSA) is 20.3 Å². The van der Waals surface area contributed by atoms with Crippen LogP contribution in [0.3, 0.4) is 0 Å². The average Bonchev–Trinajstić information content (AvgIpc) is 2.29. The van der Waals surface area contributed by atoms with Gasteiger partial charge in [0.15, 0.2) is 0 Å². The fourth-order valence-electron chi connectivity index (χ4n) is 1.85. The number of thioether (sulfide) groups is 1. The second-order valence-electron chi connectivity index (χ2n) is 4.25. The third-order valence-electron chi connectivity index (χ3n) is 2.88. The standard InChI is InChI=1S/C12H23NOS/c1-3-4-10-15-11(2)12(14)13-8-6-5-7-9-13/h11H,3-10H2,1-2H3. The van der Waals surface area contributed by atoms with Crippen molar-refractivity contribution in [3.05, 3.63) is 0 Å². The monoisotopic (exact) mass is 229 g/mol. The summed E-state index contributed by atoms with van der Waals surface area (Å²) in [5.41, 5.74) is 0. The first-order chi connectivity index (χ1) is 7.25. The lowest BCUT2D eigenvalue weighted by molar-refractivity contribution is -0.131. The Labute approximate surface area is 97.8 Å². The van der Waals surface area contributed by atoms with Crippen LogP contribution in [0.15, 0.2) is 0 Å². The van der Waals surface area contributed by atoms with E-state index in [1.165, 1.54) is 32.1 Å². The quantitative estimate of drug-likeness (QED) is 0.676. The van der Waals surface area contributed by atoms with Gasteiger partial charge in [0, 0.05) is 13.1 Å². The van der Waals surface area contributed by atoms with Gasteiger partial charge in [-0.3, -0.25) is 4.79 Å². The Bertz CT molecular complexity index is 190. The van der Waals surface area contributed by atoms with Gasteiger partial charge in [-0.1, -0.05) is 13.3 Å². The van der Waals surface area contributed by atoms with Crippen LogP contribution in [0, 0.1) is 0 Å². The van der Waals surface area contributed by atoms with Crippen molar-refractivity contribution in [1.82, 2.24) is 4.90 Å². The smallest absolute Gasteiger partial charge is 0.235 e. The number of hydrogen-bond donors (Lipinski definition) is 0. The number of carbonyl (C=O) groups is 1. The number of likely N-dealkylation sites (tertiary alicyclic amines) is 1. The maximum Gasteiger partial charge on any atom is 0.235 e. The van der Waals surface area contributed by atoms with E-state index in [1.54, 1.807) is 0 Å². The van der Waals surface area contributed by atoms with Crippen LogP contribution in [0.4, 0.5) is 0 Å². The fraction of sp³-hybridized carbons (Fsp3) is 0.917. The van der Waals surface area contributed by atoms with E-state index >= 15 is 0 Å². The molecule has 1 fully saturated rings. The molecule has 1 unspecified atom stereocenters. The lowest BCUT2D eigenvalue weighted by Gasteiger charge is -2.29. The molecule has 1 aliphatic rings. The van der Waals surface area contributed by atoms with Crippen LogP contribution in [0.1, 0.15) is 46.0 Å². The van der Waals surface area contributed by atoms with Crippen LogP contribution in [-0.4, -0.2) is 34.9 Å². The zero-order chi connectivity index (χ0) is 11.1. The first kappa shape index (κ1) is 12.9. The molecule has 0 aromatic carbocycles. The Morgan fingerprint density at radius 1 is 1.33 bits per heavy atom. The van der Waals surface area contributed by atoms with Crippen LogP contribution < -0.4 is 0 Å². The highest BCUT2D eigenvalue weighted by molar-refractivity contribution is 8.00. The Morgan fingerprint density at radius 2 is 2.00 bits per heavy atom. The van der Waals surface area contributed by atoms with Gasteiger partial charge in [0.25, 0.3) is 0 Å². The highest BCUT2D eigenvalue weighted by Gasteiger charge is 2.21. The van der Waals surface area contributed by atoms with Gasteiger partial charge in [0.05, 0.1) is 5.25 Å². The van der Waals surface area contributed by atoms with E-state index in [4.69, 9.17) is 0 Å². The van der Waals surface area contributed by atoms with Crippen molar-refractivity contribution in [3.8, 4) is 0 Å². The van der Waals surface area contributed by atoms with E-state index in [1.807, 2.05) is 16.7 Å². The van der Waals surface area contributed by atoms with Crippen molar-refractivity contribution in [2.24, 2.45) is 0 Å². The van der Waals surface area contributed by atoms with E-state index in [0.29, 0.717) is 5.91 Å². The fourth-order valence-corrected chi connectivity index (χ4v) is 2.95. The number of nitrogens with zero attached hydrogens (tertiary/aromatic N) is 1. The van der Waals surface area contributed by atoms with E-state index in [0.717, 1.165) is 18.8 Å². The molecule has 3 heteroatoms. The molecule has 15 heavy (non-hydrogen) atoms. The summed E-state index contributed by atoms with van der Waals surface area (Å²) in [7, 11) is 0. The molecule has 2 nitrogen and oxygen atoms in total. The van der Waals surface area contributed by atoms with E-state index in [-0.39, 0.29) is 5.25 Å². The summed E-state index contributed by atoms with van der Waals surface area (Å²) in [4.78, 5) is 14.0. The molecule has 1 amide bonds. The Hall–Kier alpha value is -0.180. The summed E-state index contributed by atoms with van der Waals surface area (Å²) >= 11 is 1.81. The minimum atomic E-state index is 0.162. The van der Waals surface area contributed by atoms with Crippen LogP contribution in [0.2, 0.25) is 0 Å². The minimum absolute atomic E-state index is 0.162. The summed E-state index contributed by atoms with van der Waals surface area (Å²) in [6.45, 7) is 6.21. The van der Waals surface area contributed by atoms with Crippen molar-refractivity contribution in [3.63, 3.8) is 0 Å². The van der Waals surface area contributed by atoms with E-state index in [2.05, 4.69) is 13.8 Å². The van der Waals surface area contributed by atoms with Gasteiger partial charge in [-0.15, -0.1) is 11.8 Å². The Kier molecular flexibility index (Phi) is 6.15. The van der Waals surface area contributed by atoms with E-state index < -0.39 is 0 Å². The van der Waals surface area contributed by atoms with Crippen LogP contribution in [-0.2, 0) is 4.79 Å². The van der Waals surface area contributed by atoms with Crippen molar-refractivity contribution >= 4 is 17.7 Å². The Balaban J connectivity index is 2.24. The number of amides is 1. The molecule has 1 aliphatic heterocycles. The molecule has 1 heterocycles. The SMILES string of the molecule is CCCCSC(C)C(=O)N1CCCCC1. The van der Waals surface area contributed by atoms with Crippen LogP contribution >= 0.6 is 11.8 Å². The van der Waals surface area contributed by atoms with Gasteiger partial charge < -0.3 is 4.90 Å². The molecule has 88 valence electrons. The third-order valence-corrected chi connectivity index (χ3v) is 4.11. The molecular formula is C12H23NOS. The van der Waals surface area contributed by atoms with Gasteiger partial charge in [-0.25, -0.2) is 0 Å². The molecule has 0 radical (unpaired) electrons. The van der Waals surface area contributed by atoms with Gasteiger partial charge in [0.1, 0.15) is 0 Å². The number of hydrogen-bond acceptors (Lipinski definition) is 2. The summed E-state index contributed by atoms with van der Waals surface area (Å²) in [6, 6.07) is 0. The summed E-state index contributed by atoms with van der Waals surface area (Å²) < 4.78 is 0. The number of piperidine rings is 1. The van der Waals surface area contributed by atoms with Crippen molar-refractivity contribution in [2.45, 2.75) is 51.2 Å². The highest BCUT2D eigenvalue weighted by Crippen LogP contribution is 2.18. The second-order valence-corrected chi connectivity index (χ2v) is 5.70. The zero-order valence-corrected chi connectivity index (χ0v) is 10.8. The summed E-state index contributed by atoms with van der Waals surface area (Å²) in [6.07, 6.45) is 6.12. The molecule has 0 aromatic heterocycles. The molecule has 1 rings (SSSR count). The van der Waals surface area contributed by atoms with Gasteiger partial charge >= 0.3 is 0 Å². The highest BCUT2D eigenvalue weighted by atomic mass is 32.2. The maximum absolute atomic E-state index is 12.0. The molecule has 0 aliphatic carbocycles. The lowest BCUT2D eigenvalue weighted by Crippen LogP contribution is -2.40. The molecule has 1 atom stereocenters. The molecular weight excluding hydrogens is 206 g/mol. The average molecular weight is 229 g/mol. The van der Waals surface area contributed by atoms with Crippen molar-refractivity contribution < 1.29 is 4.79 Å². The maximum atomic E-state index is 12.0. The first-order valence-electron chi connectivity index (χ1n) is 6.16. The summed E-state index contributed by atoms with van der Waals surface area (Å²) in [5.74, 6) is 1.48. The summed E-state index contributed by atoms with van der Waals surface area (Å²) in [5, 5.41) is 0.162. The molecule has 0 saturated carbocycles. The van der Waals surface area contributed by atoms with Crippen LogP contribution in [0.25, 0.3) is 0 Å². The molecule has 0 aromatic rings. The number of unbranched alkanes of at least 4 members (excludes halogenated alkanes) is 1. The largest absolute Gasteiger partial charge is 0.342 e. The molecule has 1 saturated heterocycles. The van der Waals surface area contributed by atoms with Gasteiger partial charge in [-0.2, -0.15) is 0 Å². The Morgan fingerprint density at radius 3 is 2.60 bits per heavy atom. The number of rotatable bonds is 5. The number of carbonyl (C=O) groups excluding carboxylic acids is 1. The first-order valence-corrected chi connectivity index (χ1v) is 7.21. The van der Waals surface area contributed by atoms with Gasteiger partial charge in [0.2, 0.25) is 5.91 Å². The third kappa shape index (κ3) is 4.45. The minimum Gasteiger partial charge on any atom is -0.342 e. The van der Waals surface area contributed by atoms with Crippen molar-refractivity contribution in [1.29, 1.82) is 0 Å². The van der Waals surface area contributed by atoms with Crippen molar-refractivity contribution in [2.75, 3.05) is 18.8 Å². The van der Waals surface area contributed by atoms with Gasteiger partial charge in [-0.05, 0) is 38.4 Å². The molecule has 0 bridgehead atoms. The lowest BCUT2D eigenvalue weighted by atomic mass is 10.1. The predicted molar refractivity (Wildman–Crippen MR) is 67.3 cm³/mol. The van der Waals surface area contributed by atoms with E-state index in [9.17, 15) is 4.79 Å². The molecule has 0 N–H and O–H groups in total. The predicted octanol–water partition coefficient (Wildman–Crippen LogP) is 2.92. The second kappa shape index (κ2) is 7.15. The van der Waals surface area contributed by atoms with Crippen LogP contribution in [0.5, 0.6) is 0 Å². The zero-order valence-electron chi connectivity index (χ0n) is 10.00. The molecule has 0 spiro atoms. The normalized spacial score (nSPS) is 18.9.